The van der Waals surface area contributed by atoms with Crippen molar-refractivity contribution in [3.05, 3.63) is 29.8 Å². The molecule has 1 amide bonds. The Morgan fingerprint density at radius 1 is 1.42 bits per heavy atom. The zero-order chi connectivity index (χ0) is 14.3. The number of hydrogen-bond donors (Lipinski definition) is 1. The topological polar surface area (TPSA) is 41.6 Å². The lowest BCUT2D eigenvalue weighted by Crippen LogP contribution is -2.35. The summed E-state index contributed by atoms with van der Waals surface area (Å²) in [5.74, 6) is 0.0797. The van der Waals surface area contributed by atoms with E-state index in [4.69, 9.17) is 0 Å². The lowest BCUT2D eigenvalue weighted by Gasteiger charge is -2.15. The van der Waals surface area contributed by atoms with Crippen molar-refractivity contribution >= 4 is 5.91 Å². The lowest BCUT2D eigenvalue weighted by atomic mass is 10.2. The van der Waals surface area contributed by atoms with Gasteiger partial charge in [0.05, 0.1) is 6.54 Å². The molecule has 0 fully saturated rings. The summed E-state index contributed by atoms with van der Waals surface area (Å²) in [7, 11) is 1.71. The molecular weight excluding hydrogens is 254 g/mol. The lowest BCUT2D eigenvalue weighted by molar-refractivity contribution is -0.128. The Kier molecular flexibility index (Phi) is 6.21. The molecular formula is C13H18F2N2O2. The fourth-order valence-electron chi connectivity index (χ4n) is 1.48. The second kappa shape index (κ2) is 7.68. The first kappa shape index (κ1) is 15.4. The van der Waals surface area contributed by atoms with Crippen molar-refractivity contribution in [2.24, 2.45) is 0 Å². The Labute approximate surface area is 111 Å². The molecule has 0 aliphatic carbocycles. The molecule has 0 aromatic heterocycles. The number of carbonyl (C=O) groups excluding carboxylic acids is 1. The normalized spacial score (nSPS) is 10.6. The minimum atomic E-state index is -2.85. The van der Waals surface area contributed by atoms with Crippen LogP contribution in [0.25, 0.3) is 0 Å². The van der Waals surface area contributed by atoms with E-state index in [1.165, 1.54) is 6.07 Å². The Bertz CT molecular complexity index is 413. The van der Waals surface area contributed by atoms with Crippen molar-refractivity contribution in [3.8, 4) is 5.75 Å². The third-order valence-electron chi connectivity index (χ3n) is 2.68. The molecule has 106 valence electrons. The minimum absolute atomic E-state index is 0.0465. The molecule has 0 saturated heterocycles. The number of rotatable bonds is 7. The highest BCUT2D eigenvalue weighted by Gasteiger charge is 2.10. The van der Waals surface area contributed by atoms with E-state index in [1.807, 2.05) is 6.92 Å². The fourth-order valence-corrected chi connectivity index (χ4v) is 1.48. The second-order valence-electron chi connectivity index (χ2n) is 4.00. The smallest absolute Gasteiger partial charge is 0.387 e. The van der Waals surface area contributed by atoms with Crippen molar-refractivity contribution in [2.75, 3.05) is 20.1 Å². The number of nitrogens with one attached hydrogen (secondary N) is 1. The van der Waals surface area contributed by atoms with Crippen LogP contribution < -0.4 is 10.1 Å². The maximum absolute atomic E-state index is 12.2. The zero-order valence-electron chi connectivity index (χ0n) is 11.0. The van der Waals surface area contributed by atoms with Crippen LogP contribution in [0.4, 0.5) is 8.78 Å². The van der Waals surface area contributed by atoms with Crippen LogP contribution in [-0.2, 0) is 11.3 Å². The molecule has 1 aromatic rings. The number of para-hydroxylation sites is 1. The van der Waals surface area contributed by atoms with E-state index >= 15 is 0 Å². The quantitative estimate of drug-likeness (QED) is 0.823. The van der Waals surface area contributed by atoms with Gasteiger partial charge in [0.15, 0.2) is 0 Å². The van der Waals surface area contributed by atoms with E-state index in [-0.39, 0.29) is 18.2 Å². The minimum Gasteiger partial charge on any atom is -0.434 e. The number of hydrogen-bond acceptors (Lipinski definition) is 3. The summed E-state index contributed by atoms with van der Waals surface area (Å²) in [6.07, 6.45) is 0. The average molecular weight is 272 g/mol. The fraction of sp³-hybridized carbons (Fsp3) is 0.462. The molecule has 0 saturated carbocycles. The molecule has 0 aliphatic heterocycles. The molecule has 0 atom stereocenters. The van der Waals surface area contributed by atoms with Gasteiger partial charge in [-0.3, -0.25) is 4.79 Å². The van der Waals surface area contributed by atoms with E-state index in [0.29, 0.717) is 18.7 Å². The summed E-state index contributed by atoms with van der Waals surface area (Å²) >= 11 is 0. The summed E-state index contributed by atoms with van der Waals surface area (Å²) in [5.41, 5.74) is 0.592. The van der Waals surface area contributed by atoms with Crippen molar-refractivity contribution in [2.45, 2.75) is 20.1 Å². The number of alkyl halides is 2. The summed E-state index contributed by atoms with van der Waals surface area (Å²) in [6.45, 7) is 0.114. The maximum atomic E-state index is 12.2. The van der Waals surface area contributed by atoms with E-state index in [1.54, 1.807) is 30.1 Å². The van der Waals surface area contributed by atoms with Crippen LogP contribution in [0.5, 0.6) is 5.75 Å². The Balaban J connectivity index is 2.51. The van der Waals surface area contributed by atoms with Crippen molar-refractivity contribution in [1.29, 1.82) is 0 Å². The summed E-state index contributed by atoms with van der Waals surface area (Å²) < 4.78 is 28.8. The SMILES string of the molecule is CCN(C)C(=O)CNCc1ccccc1OC(F)F. The predicted octanol–water partition coefficient (Wildman–Crippen LogP) is 1.86. The summed E-state index contributed by atoms with van der Waals surface area (Å²) in [6, 6.07) is 6.51. The van der Waals surface area contributed by atoms with Gasteiger partial charge in [-0.15, -0.1) is 0 Å². The van der Waals surface area contributed by atoms with E-state index in [0.717, 1.165) is 0 Å². The van der Waals surface area contributed by atoms with Crippen LogP contribution >= 0.6 is 0 Å². The molecule has 0 spiro atoms. The monoisotopic (exact) mass is 272 g/mol. The number of halogens is 2. The van der Waals surface area contributed by atoms with Gasteiger partial charge in [-0.05, 0) is 13.0 Å². The number of carbonyl (C=O) groups is 1. The van der Waals surface area contributed by atoms with E-state index in [2.05, 4.69) is 10.1 Å². The van der Waals surface area contributed by atoms with Gasteiger partial charge in [0.1, 0.15) is 5.75 Å². The number of likely N-dealkylation sites (N-methyl/N-ethyl adjacent to an activating group) is 1. The molecule has 6 heteroatoms. The van der Waals surface area contributed by atoms with Gasteiger partial charge < -0.3 is 15.0 Å². The summed E-state index contributed by atoms with van der Waals surface area (Å²) in [4.78, 5) is 13.1. The molecule has 0 radical (unpaired) electrons. The number of nitrogens with zero attached hydrogens (tertiary/aromatic N) is 1. The van der Waals surface area contributed by atoms with E-state index in [9.17, 15) is 13.6 Å². The highest BCUT2D eigenvalue weighted by atomic mass is 19.3. The molecule has 4 nitrogen and oxygen atoms in total. The molecule has 0 heterocycles. The van der Waals surface area contributed by atoms with Crippen LogP contribution in [0.3, 0.4) is 0 Å². The van der Waals surface area contributed by atoms with Gasteiger partial charge in [0.25, 0.3) is 0 Å². The molecule has 0 bridgehead atoms. The third kappa shape index (κ3) is 5.21. The maximum Gasteiger partial charge on any atom is 0.387 e. The first-order chi connectivity index (χ1) is 9.04. The summed E-state index contributed by atoms with van der Waals surface area (Å²) in [5, 5.41) is 2.91. The molecule has 0 unspecified atom stereocenters. The molecule has 1 rings (SSSR count). The first-order valence-corrected chi connectivity index (χ1v) is 6.02. The third-order valence-corrected chi connectivity index (χ3v) is 2.68. The number of ether oxygens (including phenoxy) is 1. The molecule has 19 heavy (non-hydrogen) atoms. The zero-order valence-corrected chi connectivity index (χ0v) is 11.0. The Morgan fingerprint density at radius 2 is 2.11 bits per heavy atom. The highest BCUT2D eigenvalue weighted by Crippen LogP contribution is 2.19. The number of benzene rings is 1. The van der Waals surface area contributed by atoms with Crippen LogP contribution in [0.2, 0.25) is 0 Å². The van der Waals surface area contributed by atoms with Crippen LogP contribution in [0.1, 0.15) is 12.5 Å². The van der Waals surface area contributed by atoms with Gasteiger partial charge in [0, 0.05) is 25.7 Å². The highest BCUT2D eigenvalue weighted by molar-refractivity contribution is 5.77. The Hall–Kier alpha value is -1.69. The largest absolute Gasteiger partial charge is 0.434 e. The van der Waals surface area contributed by atoms with Crippen molar-refractivity contribution < 1.29 is 18.3 Å². The number of amides is 1. The van der Waals surface area contributed by atoms with Crippen molar-refractivity contribution in [1.82, 2.24) is 10.2 Å². The standard InChI is InChI=1S/C13H18F2N2O2/c1-3-17(2)12(18)9-16-8-10-6-4-5-7-11(10)19-13(14)15/h4-7,13,16H,3,8-9H2,1-2H3. The van der Waals surface area contributed by atoms with Gasteiger partial charge in [-0.25, -0.2) is 0 Å². The molecule has 1 aromatic carbocycles. The van der Waals surface area contributed by atoms with Gasteiger partial charge in [-0.2, -0.15) is 8.78 Å². The van der Waals surface area contributed by atoms with Crippen LogP contribution in [0.15, 0.2) is 24.3 Å². The predicted molar refractivity (Wildman–Crippen MR) is 68.1 cm³/mol. The Morgan fingerprint density at radius 3 is 2.74 bits per heavy atom. The molecule has 1 N–H and O–H groups in total. The van der Waals surface area contributed by atoms with Crippen LogP contribution in [0, 0.1) is 0 Å². The van der Waals surface area contributed by atoms with Gasteiger partial charge >= 0.3 is 6.61 Å². The van der Waals surface area contributed by atoms with Crippen LogP contribution in [-0.4, -0.2) is 37.6 Å². The average Bonchev–Trinajstić information content (AvgIpc) is 2.39. The van der Waals surface area contributed by atoms with Gasteiger partial charge in [0.2, 0.25) is 5.91 Å². The van der Waals surface area contributed by atoms with Crippen molar-refractivity contribution in [3.63, 3.8) is 0 Å². The second-order valence-corrected chi connectivity index (χ2v) is 4.00. The van der Waals surface area contributed by atoms with Gasteiger partial charge in [-0.1, -0.05) is 18.2 Å². The first-order valence-electron chi connectivity index (χ1n) is 6.02. The molecule has 0 aliphatic rings. The van der Waals surface area contributed by atoms with E-state index < -0.39 is 6.61 Å².